The number of carbonyl (C=O) groups excluding carboxylic acids is 1. The fourth-order valence-electron chi connectivity index (χ4n) is 1.40. The van der Waals surface area contributed by atoms with E-state index in [4.69, 9.17) is 16.7 Å². The van der Waals surface area contributed by atoms with Crippen molar-refractivity contribution in [3.05, 3.63) is 28.3 Å². The Labute approximate surface area is 130 Å². The Morgan fingerprint density at radius 3 is 2.76 bits per heavy atom. The molecule has 1 rings (SSSR count). The molecule has 7 nitrogen and oxygen atoms in total. The molecule has 0 spiro atoms. The molecule has 0 aliphatic rings. The van der Waals surface area contributed by atoms with Gasteiger partial charge >= 0.3 is 0 Å². The van der Waals surface area contributed by atoms with Crippen LogP contribution in [0.15, 0.2) is 23.1 Å². The lowest BCUT2D eigenvalue weighted by Gasteiger charge is -2.09. The Morgan fingerprint density at radius 1 is 1.48 bits per heavy atom. The van der Waals surface area contributed by atoms with E-state index < -0.39 is 11.0 Å². The number of nitro groups is 1. The second kappa shape index (κ2) is 8.83. The molecule has 0 aromatic heterocycles. The first-order valence-corrected chi connectivity index (χ1v) is 7.55. The molecule has 0 fully saturated rings. The van der Waals surface area contributed by atoms with Gasteiger partial charge in [0, 0.05) is 40.8 Å². The van der Waals surface area contributed by atoms with Crippen molar-refractivity contribution in [3.63, 3.8) is 0 Å². The van der Waals surface area contributed by atoms with Gasteiger partial charge in [-0.25, -0.2) is 0 Å². The van der Waals surface area contributed by atoms with Crippen LogP contribution >= 0.6 is 23.4 Å². The van der Waals surface area contributed by atoms with Gasteiger partial charge in [0.15, 0.2) is 0 Å². The summed E-state index contributed by atoms with van der Waals surface area (Å²) in [5.41, 5.74) is 0.125. The van der Waals surface area contributed by atoms with Gasteiger partial charge in [-0.3, -0.25) is 14.9 Å². The van der Waals surface area contributed by atoms with E-state index >= 15 is 0 Å². The second-order valence-electron chi connectivity index (χ2n) is 4.11. The summed E-state index contributed by atoms with van der Waals surface area (Å²) in [7, 11) is 0. The van der Waals surface area contributed by atoms with Crippen LogP contribution in [0.5, 0.6) is 0 Å². The number of carbonyl (C=O) groups is 1. The maximum Gasteiger partial charge on any atom is 0.272 e. The third-order valence-corrected chi connectivity index (χ3v) is 3.67. The largest absolute Gasteiger partial charge is 0.394 e. The number of non-ortho nitro benzene ring substituents is 1. The van der Waals surface area contributed by atoms with Gasteiger partial charge in [0.1, 0.15) is 0 Å². The third kappa shape index (κ3) is 6.30. The van der Waals surface area contributed by atoms with Gasteiger partial charge in [-0.15, -0.1) is 23.4 Å². The van der Waals surface area contributed by atoms with E-state index in [-0.39, 0.29) is 36.3 Å². The average molecular weight is 335 g/mol. The lowest BCUT2D eigenvalue weighted by atomic mass is 10.2. The van der Waals surface area contributed by atoms with Crippen LogP contribution < -0.4 is 5.32 Å². The molecule has 116 valence electrons. The predicted octanol–water partition coefficient (Wildman–Crippen LogP) is 1.61. The lowest BCUT2D eigenvalue weighted by Crippen LogP contribution is -2.14. The van der Waals surface area contributed by atoms with Crippen LogP contribution in [0.25, 0.3) is 0 Å². The molecule has 0 saturated heterocycles. The number of nitrogens with one attached hydrogen (secondary N) is 1. The van der Waals surface area contributed by atoms with Crippen LogP contribution in [0.2, 0.25) is 0 Å². The van der Waals surface area contributed by atoms with Crippen molar-refractivity contribution in [2.24, 2.45) is 0 Å². The van der Waals surface area contributed by atoms with Crippen molar-refractivity contribution in [2.45, 2.75) is 17.4 Å². The summed E-state index contributed by atoms with van der Waals surface area (Å²) in [6.45, 7) is -0.388. The summed E-state index contributed by atoms with van der Waals surface area (Å²) < 4.78 is 0. The highest BCUT2D eigenvalue weighted by Crippen LogP contribution is 2.28. The summed E-state index contributed by atoms with van der Waals surface area (Å²) in [6.07, 6.45) is -0.806. The Bertz CT molecular complexity index is 514. The van der Waals surface area contributed by atoms with Crippen LogP contribution in [0.1, 0.15) is 6.42 Å². The van der Waals surface area contributed by atoms with Gasteiger partial charge in [-0.1, -0.05) is 0 Å². The van der Waals surface area contributed by atoms with E-state index in [1.54, 1.807) is 6.07 Å². The van der Waals surface area contributed by atoms with Crippen LogP contribution in [0.3, 0.4) is 0 Å². The fraction of sp³-hybridized carbons (Fsp3) is 0.417. The highest BCUT2D eigenvalue weighted by atomic mass is 35.5. The fourth-order valence-corrected chi connectivity index (χ4v) is 2.47. The minimum absolute atomic E-state index is 0.107. The molecule has 0 heterocycles. The van der Waals surface area contributed by atoms with Crippen LogP contribution in [0.4, 0.5) is 11.4 Å². The average Bonchev–Trinajstić information content (AvgIpc) is 2.44. The van der Waals surface area contributed by atoms with Gasteiger partial charge in [-0.2, -0.15) is 0 Å². The Morgan fingerprint density at radius 2 is 2.19 bits per heavy atom. The molecule has 0 aliphatic heterocycles. The van der Waals surface area contributed by atoms with E-state index in [0.29, 0.717) is 10.6 Å². The van der Waals surface area contributed by atoms with E-state index in [0.717, 1.165) is 11.8 Å². The first-order valence-electron chi connectivity index (χ1n) is 6.03. The van der Waals surface area contributed by atoms with Gasteiger partial charge < -0.3 is 15.5 Å². The van der Waals surface area contributed by atoms with Gasteiger partial charge in [0.2, 0.25) is 5.91 Å². The number of hydrogen-bond acceptors (Lipinski definition) is 6. The standard InChI is InChI=1S/C12H15ClN2O5S/c13-2-1-12(18)14-8-3-9(15(19)20)5-11(4-8)21-7-10(17)6-16/h3-5,10,16-17H,1-2,6-7H2,(H,14,18). The van der Waals surface area contributed by atoms with Crippen molar-refractivity contribution in [3.8, 4) is 0 Å². The molecule has 1 amide bonds. The molecule has 0 aliphatic carbocycles. The number of hydrogen-bond donors (Lipinski definition) is 3. The smallest absolute Gasteiger partial charge is 0.272 e. The molecule has 1 unspecified atom stereocenters. The van der Waals surface area contributed by atoms with Crippen LogP contribution in [-0.2, 0) is 4.79 Å². The van der Waals surface area contributed by atoms with Crippen molar-refractivity contribution in [1.29, 1.82) is 0 Å². The predicted molar refractivity (Wildman–Crippen MR) is 80.9 cm³/mol. The van der Waals surface area contributed by atoms with Gasteiger partial charge in [0.25, 0.3) is 5.69 Å². The molecule has 9 heteroatoms. The summed E-state index contributed by atoms with van der Waals surface area (Å²) in [5, 5.41) is 31.5. The second-order valence-corrected chi connectivity index (χ2v) is 5.58. The molecule has 1 aromatic rings. The van der Waals surface area contributed by atoms with E-state index in [1.165, 1.54) is 12.1 Å². The molecule has 21 heavy (non-hydrogen) atoms. The topological polar surface area (TPSA) is 113 Å². The van der Waals surface area contributed by atoms with E-state index in [9.17, 15) is 20.0 Å². The van der Waals surface area contributed by atoms with Crippen molar-refractivity contribution < 1.29 is 19.9 Å². The normalized spacial score (nSPS) is 12.0. The highest BCUT2D eigenvalue weighted by molar-refractivity contribution is 7.99. The number of nitro benzene ring substituents is 1. The SMILES string of the molecule is O=C(CCCl)Nc1cc(SCC(O)CO)cc([N+](=O)[O-])c1. The van der Waals surface area contributed by atoms with E-state index in [1.807, 2.05) is 0 Å². The number of benzene rings is 1. The van der Waals surface area contributed by atoms with Crippen molar-refractivity contribution in [2.75, 3.05) is 23.6 Å². The maximum absolute atomic E-state index is 11.5. The number of rotatable bonds is 8. The number of aliphatic hydroxyl groups is 2. The number of aliphatic hydroxyl groups excluding tert-OH is 2. The van der Waals surface area contributed by atoms with Gasteiger partial charge in [-0.05, 0) is 6.07 Å². The zero-order valence-corrected chi connectivity index (χ0v) is 12.6. The van der Waals surface area contributed by atoms with Crippen molar-refractivity contribution in [1.82, 2.24) is 0 Å². The molecular weight excluding hydrogens is 320 g/mol. The minimum atomic E-state index is -0.913. The number of alkyl halides is 1. The third-order valence-electron chi connectivity index (χ3n) is 2.36. The Hall–Kier alpha value is -1.35. The number of thioether (sulfide) groups is 1. The summed E-state index contributed by atoms with van der Waals surface area (Å²) in [6, 6.07) is 4.15. The first kappa shape index (κ1) is 17.7. The molecule has 0 saturated carbocycles. The Balaban J connectivity index is 2.89. The zero-order chi connectivity index (χ0) is 15.8. The Kier molecular flexibility index (Phi) is 7.44. The molecule has 0 radical (unpaired) electrons. The van der Waals surface area contributed by atoms with Crippen LogP contribution in [0, 0.1) is 10.1 Å². The van der Waals surface area contributed by atoms with Crippen LogP contribution in [-0.4, -0.2) is 45.4 Å². The highest BCUT2D eigenvalue weighted by Gasteiger charge is 2.13. The molecule has 0 bridgehead atoms. The zero-order valence-electron chi connectivity index (χ0n) is 11.0. The summed E-state index contributed by atoms with van der Waals surface area (Å²) in [5.74, 6) is 0.00878. The summed E-state index contributed by atoms with van der Waals surface area (Å²) in [4.78, 5) is 22.3. The number of nitrogens with zero attached hydrogens (tertiary/aromatic N) is 1. The monoisotopic (exact) mass is 334 g/mol. The number of halogens is 1. The first-order chi connectivity index (χ1) is 9.96. The van der Waals surface area contributed by atoms with E-state index in [2.05, 4.69) is 5.32 Å². The quantitative estimate of drug-likeness (QED) is 0.288. The maximum atomic E-state index is 11.5. The molecule has 1 atom stereocenters. The van der Waals surface area contributed by atoms with Crippen molar-refractivity contribution >= 4 is 40.6 Å². The molecular formula is C12H15ClN2O5S. The number of anilines is 1. The molecule has 3 N–H and O–H groups in total. The lowest BCUT2D eigenvalue weighted by molar-refractivity contribution is -0.385. The number of amides is 1. The minimum Gasteiger partial charge on any atom is -0.394 e. The molecule has 1 aromatic carbocycles. The van der Waals surface area contributed by atoms with Gasteiger partial charge in [0.05, 0.1) is 17.6 Å². The summed E-state index contributed by atoms with van der Waals surface area (Å²) >= 11 is 6.60.